The Hall–Kier alpha value is -3.92. The van der Waals surface area contributed by atoms with Crippen molar-refractivity contribution in [2.24, 2.45) is 0 Å². The summed E-state index contributed by atoms with van der Waals surface area (Å²) in [5.74, 6) is 1.12. The van der Waals surface area contributed by atoms with Gasteiger partial charge in [-0.25, -0.2) is 0 Å². The number of nitrogens with two attached hydrogens (primary N) is 1. The summed E-state index contributed by atoms with van der Waals surface area (Å²) >= 11 is 0. The summed E-state index contributed by atoms with van der Waals surface area (Å²) in [6.07, 6.45) is 1.65. The lowest BCUT2D eigenvalue weighted by molar-refractivity contribution is 0.242. The number of nitrogens with zero attached hydrogens (tertiary/aromatic N) is 3. The molecule has 158 valence electrons. The van der Waals surface area contributed by atoms with Gasteiger partial charge in [-0.3, -0.25) is 5.41 Å². The van der Waals surface area contributed by atoms with Crippen LogP contribution in [0.15, 0.2) is 42.6 Å². The smallest absolute Gasteiger partial charge is 0.121 e. The van der Waals surface area contributed by atoms with Crippen LogP contribution in [0.5, 0.6) is 11.5 Å². The molecule has 0 unspecified atom stereocenters. The van der Waals surface area contributed by atoms with E-state index in [9.17, 15) is 5.26 Å². The zero-order chi connectivity index (χ0) is 22.5. The van der Waals surface area contributed by atoms with Gasteiger partial charge in [0.1, 0.15) is 18.1 Å². The molecule has 3 aromatic rings. The van der Waals surface area contributed by atoms with Crippen molar-refractivity contribution in [1.82, 2.24) is 10.2 Å². The molecule has 1 heterocycles. The van der Waals surface area contributed by atoms with E-state index in [1.807, 2.05) is 27.7 Å². The summed E-state index contributed by atoms with van der Waals surface area (Å²) in [4.78, 5) is 0. The number of hydrogen-bond donors (Lipinski definition) is 2. The number of nitrogen functional groups attached to an aromatic ring is 1. The maximum atomic E-state index is 9.36. The van der Waals surface area contributed by atoms with Crippen LogP contribution in [-0.2, 0) is 6.61 Å². The molecule has 3 rings (SSSR count). The fourth-order valence-corrected chi connectivity index (χ4v) is 3.14. The Balaban J connectivity index is 1.89. The van der Waals surface area contributed by atoms with Crippen LogP contribution in [0, 0.1) is 30.6 Å². The third-order valence-electron chi connectivity index (χ3n) is 4.75. The van der Waals surface area contributed by atoms with Gasteiger partial charge in [-0.15, -0.1) is 0 Å². The van der Waals surface area contributed by atoms with Crippen LogP contribution in [-0.4, -0.2) is 22.0 Å². The molecule has 7 nitrogen and oxygen atoms in total. The van der Waals surface area contributed by atoms with Crippen LogP contribution in [0.3, 0.4) is 0 Å². The summed E-state index contributed by atoms with van der Waals surface area (Å²) < 4.78 is 11.7. The van der Waals surface area contributed by atoms with Gasteiger partial charge < -0.3 is 15.2 Å². The molecule has 0 fully saturated rings. The Morgan fingerprint density at radius 1 is 1.16 bits per heavy atom. The van der Waals surface area contributed by atoms with Gasteiger partial charge in [0, 0.05) is 22.4 Å². The minimum Gasteiger partial charge on any atom is -0.491 e. The number of aryl methyl sites for hydroxylation is 2. The van der Waals surface area contributed by atoms with Crippen molar-refractivity contribution in [2.75, 3.05) is 5.73 Å². The van der Waals surface area contributed by atoms with Gasteiger partial charge in [-0.2, -0.15) is 15.5 Å². The first kappa shape index (κ1) is 21.8. The van der Waals surface area contributed by atoms with Crippen LogP contribution in [0.4, 0.5) is 5.69 Å². The second-order valence-electron chi connectivity index (χ2n) is 7.53. The quantitative estimate of drug-likeness (QED) is 0.438. The Morgan fingerprint density at radius 2 is 1.94 bits per heavy atom. The average Bonchev–Trinajstić information content (AvgIpc) is 2.73. The van der Waals surface area contributed by atoms with Crippen molar-refractivity contribution in [2.45, 2.75) is 40.4 Å². The molecule has 0 saturated carbocycles. The van der Waals surface area contributed by atoms with Crippen LogP contribution in [0.2, 0.25) is 0 Å². The number of hydrogen-bond acceptors (Lipinski definition) is 7. The molecule has 0 aliphatic carbocycles. The van der Waals surface area contributed by atoms with Gasteiger partial charge in [0.2, 0.25) is 0 Å². The molecule has 0 amide bonds. The molecule has 0 atom stereocenters. The molecule has 3 N–H and O–H groups in total. The SMILES string of the molecule is Cc1cnnc(C)c1COc1ccc(N)c(C(=N)c2cc(C#N)cc(OC(C)C)c2)c1. The fraction of sp³-hybridized carbons (Fsp3) is 0.250. The highest BCUT2D eigenvalue weighted by Crippen LogP contribution is 2.26. The number of nitriles is 1. The molecule has 0 aliphatic rings. The molecule has 7 heteroatoms. The minimum absolute atomic E-state index is 0.0487. The van der Waals surface area contributed by atoms with Gasteiger partial charge >= 0.3 is 0 Å². The Morgan fingerprint density at radius 3 is 2.61 bits per heavy atom. The molecule has 31 heavy (non-hydrogen) atoms. The van der Waals surface area contributed by atoms with E-state index < -0.39 is 0 Å². The van der Waals surface area contributed by atoms with Crippen molar-refractivity contribution in [3.8, 4) is 17.6 Å². The van der Waals surface area contributed by atoms with Crippen molar-refractivity contribution in [3.05, 3.63) is 76.1 Å². The van der Waals surface area contributed by atoms with Gasteiger partial charge in [0.15, 0.2) is 0 Å². The summed E-state index contributed by atoms with van der Waals surface area (Å²) in [6.45, 7) is 8.00. The van der Waals surface area contributed by atoms with Crippen LogP contribution >= 0.6 is 0 Å². The fourth-order valence-electron chi connectivity index (χ4n) is 3.14. The summed E-state index contributed by atoms with van der Waals surface area (Å²) in [7, 11) is 0. The summed E-state index contributed by atoms with van der Waals surface area (Å²) in [5, 5.41) is 26.1. The lowest BCUT2D eigenvalue weighted by Crippen LogP contribution is -2.10. The largest absolute Gasteiger partial charge is 0.491 e. The van der Waals surface area contributed by atoms with E-state index in [-0.39, 0.29) is 11.8 Å². The third-order valence-corrected chi connectivity index (χ3v) is 4.75. The van der Waals surface area contributed by atoms with Crippen molar-refractivity contribution >= 4 is 11.4 Å². The number of anilines is 1. The van der Waals surface area contributed by atoms with Gasteiger partial charge in [0.05, 0.1) is 35.3 Å². The van der Waals surface area contributed by atoms with Crippen LogP contribution in [0.25, 0.3) is 0 Å². The first-order valence-electron chi connectivity index (χ1n) is 9.89. The van der Waals surface area contributed by atoms with Crippen molar-refractivity contribution < 1.29 is 9.47 Å². The molecule has 2 aromatic carbocycles. The number of benzene rings is 2. The van der Waals surface area contributed by atoms with E-state index in [0.717, 1.165) is 16.8 Å². The second kappa shape index (κ2) is 9.26. The normalized spacial score (nSPS) is 10.6. The molecule has 0 saturated heterocycles. The van der Waals surface area contributed by atoms with Crippen molar-refractivity contribution in [3.63, 3.8) is 0 Å². The van der Waals surface area contributed by atoms with E-state index in [1.165, 1.54) is 0 Å². The van der Waals surface area contributed by atoms with E-state index in [2.05, 4.69) is 16.3 Å². The number of ether oxygens (including phenoxy) is 2. The Bertz CT molecular complexity index is 1140. The molecular formula is C24H25N5O2. The molecule has 0 radical (unpaired) electrons. The van der Waals surface area contributed by atoms with Gasteiger partial charge in [0.25, 0.3) is 0 Å². The Labute approximate surface area is 182 Å². The van der Waals surface area contributed by atoms with Crippen LogP contribution < -0.4 is 15.2 Å². The first-order chi connectivity index (χ1) is 14.8. The van der Waals surface area contributed by atoms with E-state index in [1.54, 1.807) is 42.6 Å². The number of nitrogens with one attached hydrogen (secondary N) is 1. The lowest BCUT2D eigenvalue weighted by atomic mass is 9.98. The standard InChI is InChI=1S/C24H25N5O2/c1-14(2)31-20-8-17(11-25)7-18(9-20)24(27)21-10-19(5-6-23(21)26)30-13-22-15(3)12-28-29-16(22)4/h5-10,12,14,27H,13,26H2,1-4H3. The highest BCUT2D eigenvalue weighted by atomic mass is 16.5. The predicted octanol–water partition coefficient (Wildman–Crippen LogP) is 4.33. The Kier molecular flexibility index (Phi) is 6.51. The zero-order valence-corrected chi connectivity index (χ0v) is 18.1. The number of aromatic nitrogens is 2. The molecular weight excluding hydrogens is 390 g/mol. The molecule has 1 aromatic heterocycles. The predicted molar refractivity (Wildman–Crippen MR) is 120 cm³/mol. The number of rotatable bonds is 7. The summed E-state index contributed by atoms with van der Waals surface area (Å²) in [6, 6.07) is 12.4. The highest BCUT2D eigenvalue weighted by molar-refractivity contribution is 6.14. The maximum Gasteiger partial charge on any atom is 0.121 e. The zero-order valence-electron chi connectivity index (χ0n) is 18.1. The molecule has 0 bridgehead atoms. The van der Waals surface area contributed by atoms with E-state index in [4.69, 9.17) is 20.6 Å². The second-order valence-corrected chi connectivity index (χ2v) is 7.53. The maximum absolute atomic E-state index is 9.36. The van der Waals surface area contributed by atoms with E-state index >= 15 is 0 Å². The topological polar surface area (TPSA) is 118 Å². The monoisotopic (exact) mass is 415 g/mol. The van der Waals surface area contributed by atoms with Gasteiger partial charge in [-0.05, 0) is 69.7 Å². The lowest BCUT2D eigenvalue weighted by Gasteiger charge is -2.15. The van der Waals surface area contributed by atoms with Crippen molar-refractivity contribution in [1.29, 1.82) is 10.7 Å². The minimum atomic E-state index is -0.0487. The molecule has 0 spiro atoms. The highest BCUT2D eigenvalue weighted by Gasteiger charge is 2.14. The van der Waals surface area contributed by atoms with Crippen LogP contribution in [0.1, 0.15) is 47.4 Å². The summed E-state index contributed by atoms with van der Waals surface area (Å²) in [5.41, 5.74) is 11.1. The van der Waals surface area contributed by atoms with E-state index in [0.29, 0.717) is 40.5 Å². The first-order valence-corrected chi connectivity index (χ1v) is 9.89. The average molecular weight is 415 g/mol. The van der Waals surface area contributed by atoms with Gasteiger partial charge in [-0.1, -0.05) is 0 Å². The molecule has 0 aliphatic heterocycles. The third kappa shape index (κ3) is 5.17.